The lowest BCUT2D eigenvalue weighted by atomic mass is 10.2. The van der Waals surface area contributed by atoms with Crippen LogP contribution in [-0.2, 0) is 22.7 Å². The zero-order valence-corrected chi connectivity index (χ0v) is 16.4. The van der Waals surface area contributed by atoms with E-state index in [0.29, 0.717) is 6.54 Å². The summed E-state index contributed by atoms with van der Waals surface area (Å²) in [5, 5.41) is 2.61. The Morgan fingerprint density at radius 1 is 0.733 bits per heavy atom. The standard InChI is InChI=1S/C24H22N2O4/c27-23(29-17-19-10-4-1-5-11-19)26(24(28)30-18-20-12-6-2-7-13-20)25-16-22(25)21-14-8-3-9-15-21/h1-15,22H,16-18H2. The molecular formula is C24H22N2O4. The summed E-state index contributed by atoms with van der Waals surface area (Å²) < 4.78 is 10.8. The second-order valence-corrected chi connectivity index (χ2v) is 6.94. The molecule has 30 heavy (non-hydrogen) atoms. The number of imide groups is 1. The summed E-state index contributed by atoms with van der Waals surface area (Å²) in [7, 11) is 0. The second-order valence-electron chi connectivity index (χ2n) is 6.94. The van der Waals surface area contributed by atoms with Gasteiger partial charge in [0.2, 0.25) is 0 Å². The molecule has 3 aromatic carbocycles. The lowest BCUT2D eigenvalue weighted by Gasteiger charge is -2.21. The number of amides is 2. The summed E-state index contributed by atoms with van der Waals surface area (Å²) in [6.07, 6.45) is -1.51. The van der Waals surface area contributed by atoms with E-state index in [9.17, 15) is 9.59 Å². The Morgan fingerprint density at radius 3 is 1.63 bits per heavy atom. The number of carbonyl (C=O) groups is 2. The molecule has 2 amide bonds. The van der Waals surface area contributed by atoms with Gasteiger partial charge >= 0.3 is 12.2 Å². The normalized spacial score (nSPS) is 17.1. The zero-order valence-electron chi connectivity index (χ0n) is 16.4. The fourth-order valence-electron chi connectivity index (χ4n) is 3.15. The third-order valence-electron chi connectivity index (χ3n) is 4.78. The van der Waals surface area contributed by atoms with Crippen molar-refractivity contribution >= 4 is 12.2 Å². The average Bonchev–Trinajstić information content (AvgIpc) is 3.59. The van der Waals surface area contributed by atoms with E-state index in [1.54, 1.807) is 5.01 Å². The summed E-state index contributed by atoms with van der Waals surface area (Å²) in [6.45, 7) is 0.683. The molecule has 2 atom stereocenters. The van der Waals surface area contributed by atoms with Crippen molar-refractivity contribution in [1.29, 1.82) is 0 Å². The molecule has 4 rings (SSSR count). The summed E-state index contributed by atoms with van der Waals surface area (Å²) in [5.74, 6) is 0. The van der Waals surface area contributed by atoms with Crippen LogP contribution in [0.4, 0.5) is 9.59 Å². The minimum absolute atomic E-state index is 0.0697. The molecule has 1 fully saturated rings. The van der Waals surface area contributed by atoms with Crippen LogP contribution in [0.1, 0.15) is 22.7 Å². The van der Waals surface area contributed by atoms with Gasteiger partial charge in [0, 0.05) is 6.54 Å². The second kappa shape index (κ2) is 9.24. The van der Waals surface area contributed by atoms with E-state index < -0.39 is 12.2 Å². The van der Waals surface area contributed by atoms with Crippen LogP contribution in [0.25, 0.3) is 0 Å². The van der Waals surface area contributed by atoms with Crippen LogP contribution >= 0.6 is 0 Å². The molecule has 6 nitrogen and oxygen atoms in total. The number of hydrazine groups is 1. The van der Waals surface area contributed by atoms with Gasteiger partial charge in [0.05, 0.1) is 6.04 Å². The Balaban J connectivity index is 1.44. The van der Waals surface area contributed by atoms with Crippen molar-refractivity contribution in [3.63, 3.8) is 0 Å². The van der Waals surface area contributed by atoms with Crippen LogP contribution in [-0.4, -0.2) is 28.7 Å². The molecule has 1 aliphatic heterocycles. The van der Waals surface area contributed by atoms with Gasteiger partial charge in [-0.1, -0.05) is 91.0 Å². The molecule has 0 bridgehead atoms. The van der Waals surface area contributed by atoms with Gasteiger partial charge in [-0.3, -0.25) is 0 Å². The van der Waals surface area contributed by atoms with Crippen LogP contribution in [0.15, 0.2) is 91.0 Å². The maximum Gasteiger partial charge on any atom is 0.434 e. The smallest absolute Gasteiger partial charge is 0.434 e. The van der Waals surface area contributed by atoms with Gasteiger partial charge in [-0.05, 0) is 16.7 Å². The van der Waals surface area contributed by atoms with Crippen molar-refractivity contribution in [2.24, 2.45) is 0 Å². The van der Waals surface area contributed by atoms with Gasteiger partial charge in [0.25, 0.3) is 0 Å². The molecule has 1 heterocycles. The molecule has 6 heteroatoms. The minimum Gasteiger partial charge on any atom is -0.443 e. The third-order valence-corrected chi connectivity index (χ3v) is 4.78. The average molecular weight is 402 g/mol. The number of ether oxygens (including phenoxy) is 2. The summed E-state index contributed by atoms with van der Waals surface area (Å²) in [5.41, 5.74) is 2.71. The molecule has 2 unspecified atom stereocenters. The monoisotopic (exact) mass is 402 g/mol. The highest BCUT2D eigenvalue weighted by Gasteiger charge is 2.47. The van der Waals surface area contributed by atoms with Gasteiger partial charge in [-0.25, -0.2) is 9.59 Å². The first-order valence-corrected chi connectivity index (χ1v) is 9.75. The van der Waals surface area contributed by atoms with E-state index >= 15 is 0 Å². The third kappa shape index (κ3) is 4.85. The maximum absolute atomic E-state index is 12.8. The van der Waals surface area contributed by atoms with Crippen molar-refractivity contribution in [2.75, 3.05) is 6.54 Å². The number of benzene rings is 3. The molecule has 0 spiro atoms. The molecule has 152 valence electrons. The van der Waals surface area contributed by atoms with Gasteiger partial charge in [0.15, 0.2) is 0 Å². The molecular weight excluding hydrogens is 380 g/mol. The number of hydrogen-bond acceptors (Lipinski definition) is 5. The van der Waals surface area contributed by atoms with Crippen LogP contribution in [0.5, 0.6) is 0 Å². The predicted octanol–water partition coefficient (Wildman–Crippen LogP) is 4.93. The highest BCUT2D eigenvalue weighted by Crippen LogP contribution is 2.37. The van der Waals surface area contributed by atoms with Crippen LogP contribution in [0.3, 0.4) is 0 Å². The Morgan fingerprint density at radius 2 is 1.17 bits per heavy atom. The molecule has 3 aromatic rings. The molecule has 0 radical (unpaired) electrons. The highest BCUT2D eigenvalue weighted by atomic mass is 16.6. The number of hydrogen-bond donors (Lipinski definition) is 0. The lowest BCUT2D eigenvalue weighted by Crippen LogP contribution is -2.42. The molecule has 0 aliphatic carbocycles. The SMILES string of the molecule is O=C(OCc1ccccc1)N(C(=O)OCc1ccccc1)N1CC1c1ccccc1. The minimum atomic E-state index is -0.754. The molecule has 0 N–H and O–H groups in total. The largest absolute Gasteiger partial charge is 0.443 e. The summed E-state index contributed by atoms with van der Waals surface area (Å²) in [4.78, 5) is 25.6. The first kappa shape index (κ1) is 19.7. The van der Waals surface area contributed by atoms with Gasteiger partial charge < -0.3 is 9.47 Å². The first-order valence-electron chi connectivity index (χ1n) is 9.75. The van der Waals surface area contributed by atoms with Crippen LogP contribution in [0, 0.1) is 0 Å². The Kier molecular flexibility index (Phi) is 6.06. The molecule has 0 saturated carbocycles. The van der Waals surface area contributed by atoms with Crippen molar-refractivity contribution in [1.82, 2.24) is 10.0 Å². The van der Waals surface area contributed by atoms with Crippen molar-refractivity contribution in [3.8, 4) is 0 Å². The van der Waals surface area contributed by atoms with Gasteiger partial charge in [-0.2, -0.15) is 5.01 Å². The summed E-state index contributed by atoms with van der Waals surface area (Å²) in [6, 6.07) is 28.3. The van der Waals surface area contributed by atoms with Crippen molar-refractivity contribution < 1.29 is 19.1 Å². The number of carbonyl (C=O) groups excluding carboxylic acids is 2. The molecule has 0 aromatic heterocycles. The van der Waals surface area contributed by atoms with Gasteiger partial charge in [0.1, 0.15) is 13.2 Å². The van der Waals surface area contributed by atoms with E-state index in [-0.39, 0.29) is 19.3 Å². The molecule has 1 aliphatic rings. The lowest BCUT2D eigenvalue weighted by molar-refractivity contribution is 0.0202. The van der Waals surface area contributed by atoms with Crippen molar-refractivity contribution in [2.45, 2.75) is 19.3 Å². The van der Waals surface area contributed by atoms with E-state index in [0.717, 1.165) is 21.7 Å². The van der Waals surface area contributed by atoms with Crippen LogP contribution in [0.2, 0.25) is 0 Å². The maximum atomic E-state index is 12.8. The Labute approximate surface area is 175 Å². The number of nitrogens with zero attached hydrogens (tertiary/aromatic N) is 2. The van der Waals surface area contributed by atoms with E-state index in [4.69, 9.17) is 9.47 Å². The van der Waals surface area contributed by atoms with Crippen molar-refractivity contribution in [3.05, 3.63) is 108 Å². The molecule has 1 saturated heterocycles. The fourth-order valence-corrected chi connectivity index (χ4v) is 3.15. The van der Waals surface area contributed by atoms with E-state index in [1.807, 2.05) is 91.0 Å². The van der Waals surface area contributed by atoms with Crippen LogP contribution < -0.4 is 0 Å². The first-order chi connectivity index (χ1) is 14.7. The van der Waals surface area contributed by atoms with E-state index in [1.165, 1.54) is 0 Å². The highest BCUT2D eigenvalue weighted by molar-refractivity contribution is 5.87. The quantitative estimate of drug-likeness (QED) is 0.547. The zero-order chi connectivity index (χ0) is 20.8. The number of rotatable bonds is 6. The Bertz CT molecular complexity index is 924. The summed E-state index contributed by atoms with van der Waals surface area (Å²) >= 11 is 0. The van der Waals surface area contributed by atoms with Gasteiger partial charge in [-0.15, -0.1) is 5.01 Å². The topological polar surface area (TPSA) is 58.9 Å². The Hall–Kier alpha value is -3.64. The predicted molar refractivity (Wildman–Crippen MR) is 111 cm³/mol. The fraction of sp³-hybridized carbons (Fsp3) is 0.167. The van der Waals surface area contributed by atoms with E-state index in [2.05, 4.69) is 0 Å².